The molecule has 0 radical (unpaired) electrons. The van der Waals surface area contributed by atoms with E-state index in [0.717, 1.165) is 49.7 Å². The van der Waals surface area contributed by atoms with E-state index in [4.69, 9.17) is 0 Å². The maximum Gasteiger partial charge on any atom is 0.267 e. The second-order valence-corrected chi connectivity index (χ2v) is 10.4. The van der Waals surface area contributed by atoms with Gasteiger partial charge in [0.15, 0.2) is 0 Å². The number of quaternary nitrogens is 1. The van der Waals surface area contributed by atoms with Crippen molar-refractivity contribution < 1.29 is 40.8 Å². The number of Topliss-reactive ketones (excluding diaryl/α,β-unsaturated/α-hetero) is 1. The van der Waals surface area contributed by atoms with Crippen molar-refractivity contribution in [2.24, 2.45) is 0 Å². The molecule has 0 amide bonds. The molecule has 0 aromatic heterocycles. The summed E-state index contributed by atoms with van der Waals surface area (Å²) < 4.78 is 51.2. The number of rotatable bonds is 16. The third-order valence-corrected chi connectivity index (χ3v) is 5.96. The van der Waals surface area contributed by atoms with Crippen molar-refractivity contribution in [2.45, 2.75) is 65.7 Å². The average Bonchev–Trinajstić information content (AvgIpc) is 2.53. The van der Waals surface area contributed by atoms with E-state index in [0.29, 0.717) is 12.8 Å². The lowest BCUT2D eigenvalue weighted by molar-refractivity contribution is -0.890. The highest BCUT2D eigenvalue weighted by molar-refractivity contribution is 7.85. The minimum absolute atomic E-state index is 0.126. The zero-order valence-electron chi connectivity index (χ0n) is 18.6. The molecule has 0 aromatic carbocycles. The molecule has 0 heterocycles. The Labute approximate surface area is 176 Å². The van der Waals surface area contributed by atoms with Crippen molar-refractivity contribution >= 4 is 23.7 Å². The van der Waals surface area contributed by atoms with E-state index < -0.39 is 17.9 Å². The summed E-state index contributed by atoms with van der Waals surface area (Å²) in [4.78, 5) is 21.2. The van der Waals surface area contributed by atoms with Crippen LogP contribution < -0.4 is 4.89 Å². The Bertz CT molecular complexity index is 570. The minimum atomic E-state index is -4.05. The number of ketones is 1. The Morgan fingerprint density at radius 1 is 0.931 bits per heavy atom. The van der Waals surface area contributed by atoms with Gasteiger partial charge in [0, 0.05) is 12.2 Å². The van der Waals surface area contributed by atoms with Gasteiger partial charge in [0.1, 0.15) is 5.78 Å². The molecule has 0 aliphatic heterocycles. The van der Waals surface area contributed by atoms with Crippen molar-refractivity contribution in [2.75, 3.05) is 46.2 Å². The standard InChI is InChI=1S/C14H29NO4S.C4H11O4P/c1-14(16)10-6-4-7-11-15(2,3)12-8-5-9-13-20(17,18)19;1-3-7-9(5,6)8-4-2/h4-13H2,1-3H3;3-4H2,1-2H3,(H,5,6)/p-1. The summed E-state index contributed by atoms with van der Waals surface area (Å²) in [5.74, 6) is 0.0120. The Hall–Kier alpha value is -0.350. The molecule has 11 heteroatoms. The Morgan fingerprint density at radius 3 is 1.76 bits per heavy atom. The first-order valence-corrected chi connectivity index (χ1v) is 13.1. The molecule has 29 heavy (non-hydrogen) atoms. The SMILES string of the molecule is CC(=O)CCCCC[N+](C)(C)CCCCCS(=O)(=O)[O-].CCOP(=O)([O-])OCC. The van der Waals surface area contributed by atoms with Gasteiger partial charge in [-0.2, -0.15) is 0 Å². The van der Waals surface area contributed by atoms with Crippen LogP contribution in [-0.2, 0) is 28.5 Å². The van der Waals surface area contributed by atoms with Gasteiger partial charge >= 0.3 is 0 Å². The number of nitrogens with zero attached hydrogens (tertiary/aromatic N) is 1. The Balaban J connectivity index is 0. The quantitative estimate of drug-likeness (QED) is 0.148. The molecule has 0 N–H and O–H groups in total. The van der Waals surface area contributed by atoms with E-state index in [1.165, 1.54) is 0 Å². The van der Waals surface area contributed by atoms with Crippen LogP contribution in [0.3, 0.4) is 0 Å². The highest BCUT2D eigenvalue weighted by atomic mass is 32.2. The first-order chi connectivity index (χ1) is 13.2. The molecule has 0 aromatic rings. The van der Waals surface area contributed by atoms with Crippen LogP contribution in [0.15, 0.2) is 0 Å². The van der Waals surface area contributed by atoms with E-state index in [2.05, 4.69) is 23.1 Å². The smallest absolute Gasteiger partial charge is 0.267 e. The highest BCUT2D eigenvalue weighted by Crippen LogP contribution is 2.37. The van der Waals surface area contributed by atoms with E-state index in [-0.39, 0.29) is 24.7 Å². The second kappa shape index (κ2) is 16.4. The molecule has 0 saturated heterocycles. The molecule has 9 nitrogen and oxygen atoms in total. The predicted molar refractivity (Wildman–Crippen MR) is 110 cm³/mol. The number of phosphoric acid groups is 1. The molecule has 0 bridgehead atoms. The van der Waals surface area contributed by atoms with Crippen LogP contribution in [0.1, 0.15) is 65.7 Å². The molecule has 0 aliphatic rings. The molecule has 0 spiro atoms. The summed E-state index contributed by atoms with van der Waals surface area (Å²) in [5, 5.41) is 0. The predicted octanol–water partition coefficient (Wildman–Crippen LogP) is 2.46. The topological polar surface area (TPSA) is 133 Å². The molecular formula is C18H39NO8PS-. The van der Waals surface area contributed by atoms with Gasteiger partial charge in [-0.05, 0) is 59.3 Å². The second-order valence-electron chi connectivity index (χ2n) is 7.50. The maximum atomic E-state index is 10.8. The van der Waals surface area contributed by atoms with Gasteiger partial charge in [0.25, 0.3) is 7.82 Å². The van der Waals surface area contributed by atoms with E-state index in [1.807, 2.05) is 0 Å². The molecular weight excluding hydrogens is 421 g/mol. The zero-order valence-corrected chi connectivity index (χ0v) is 20.3. The maximum absolute atomic E-state index is 10.8. The van der Waals surface area contributed by atoms with Crippen LogP contribution in [0.25, 0.3) is 0 Å². The van der Waals surface area contributed by atoms with Crippen LogP contribution in [0.5, 0.6) is 0 Å². The van der Waals surface area contributed by atoms with Gasteiger partial charge in [-0.1, -0.05) is 0 Å². The van der Waals surface area contributed by atoms with Gasteiger partial charge in [-0.3, -0.25) is 4.57 Å². The van der Waals surface area contributed by atoms with Crippen molar-refractivity contribution in [3.63, 3.8) is 0 Å². The molecule has 0 fully saturated rings. The zero-order chi connectivity index (χ0) is 23.0. The van der Waals surface area contributed by atoms with Crippen molar-refractivity contribution in [1.82, 2.24) is 0 Å². The number of carbonyl (C=O) groups is 1. The van der Waals surface area contributed by atoms with Gasteiger partial charge in [-0.15, -0.1) is 0 Å². The monoisotopic (exact) mass is 460 g/mol. The largest absolute Gasteiger partial charge is 0.756 e. The Kier molecular flexibility index (Phi) is 17.4. The van der Waals surface area contributed by atoms with Gasteiger partial charge in [0.2, 0.25) is 0 Å². The summed E-state index contributed by atoms with van der Waals surface area (Å²) in [6.07, 6.45) is 6.02. The van der Waals surface area contributed by atoms with E-state index in [9.17, 15) is 27.2 Å². The summed E-state index contributed by atoms with van der Waals surface area (Å²) in [5.41, 5.74) is 0. The van der Waals surface area contributed by atoms with Gasteiger partial charge in [-0.25, -0.2) is 8.42 Å². The first-order valence-electron chi connectivity index (χ1n) is 10.1. The number of hydrogen-bond acceptors (Lipinski definition) is 8. The van der Waals surface area contributed by atoms with Crippen LogP contribution in [0, 0.1) is 0 Å². The third-order valence-electron chi connectivity index (χ3n) is 4.02. The summed E-state index contributed by atoms with van der Waals surface area (Å²) >= 11 is 0. The fourth-order valence-electron chi connectivity index (χ4n) is 2.55. The number of phosphoric ester groups is 1. The molecule has 0 atom stereocenters. The fraction of sp³-hybridized carbons (Fsp3) is 0.944. The van der Waals surface area contributed by atoms with Crippen molar-refractivity contribution in [3.8, 4) is 0 Å². The molecule has 0 aliphatic carbocycles. The normalized spacial score (nSPS) is 12.4. The fourth-order valence-corrected chi connectivity index (χ4v) is 3.82. The molecule has 0 rings (SSSR count). The van der Waals surface area contributed by atoms with Crippen LogP contribution in [-0.4, -0.2) is 69.4 Å². The summed E-state index contributed by atoms with van der Waals surface area (Å²) in [7, 11) is -3.67. The number of unbranched alkanes of at least 4 members (excludes halogenated alkanes) is 4. The Morgan fingerprint density at radius 2 is 1.38 bits per heavy atom. The van der Waals surface area contributed by atoms with E-state index in [1.54, 1.807) is 20.8 Å². The molecule has 0 unspecified atom stereocenters. The number of hydrogen-bond donors (Lipinski definition) is 0. The highest BCUT2D eigenvalue weighted by Gasteiger charge is 2.13. The molecule has 176 valence electrons. The van der Waals surface area contributed by atoms with Crippen molar-refractivity contribution in [3.05, 3.63) is 0 Å². The van der Waals surface area contributed by atoms with Crippen LogP contribution in [0.2, 0.25) is 0 Å². The third kappa shape index (κ3) is 25.6. The number of carbonyl (C=O) groups excluding carboxylic acids is 1. The van der Waals surface area contributed by atoms with Crippen molar-refractivity contribution in [1.29, 1.82) is 0 Å². The minimum Gasteiger partial charge on any atom is -0.756 e. The van der Waals surface area contributed by atoms with Crippen LogP contribution >= 0.6 is 7.82 Å². The molecule has 0 saturated carbocycles. The van der Waals surface area contributed by atoms with Crippen LogP contribution in [0.4, 0.5) is 0 Å². The average molecular weight is 461 g/mol. The summed E-state index contributed by atoms with van der Waals surface area (Å²) in [6.45, 7) is 7.11. The van der Waals surface area contributed by atoms with Gasteiger partial charge in [0.05, 0.1) is 50.5 Å². The first kappa shape index (κ1) is 30.8. The lowest BCUT2D eigenvalue weighted by atomic mass is 10.1. The van der Waals surface area contributed by atoms with Gasteiger partial charge < -0.3 is 27.8 Å². The summed E-state index contributed by atoms with van der Waals surface area (Å²) in [6, 6.07) is 0. The van der Waals surface area contributed by atoms with E-state index >= 15 is 0 Å². The lowest BCUT2D eigenvalue weighted by Gasteiger charge is -2.30. The lowest BCUT2D eigenvalue weighted by Crippen LogP contribution is -2.41.